The number of rotatable bonds is 40. The normalized spacial score (nSPS) is 11.9. The maximum Gasteiger partial charge on any atom is 0.530 e. The third-order valence-corrected chi connectivity index (χ3v) is 19.7. The number of carbonyl (C=O) groups excluding carboxylic acids is 6. The average molecular weight is 1600 g/mol. The van der Waals surface area contributed by atoms with Crippen molar-refractivity contribution in [2.24, 2.45) is 27.6 Å². The molecule has 0 radical (unpaired) electrons. The molecule has 0 aromatic heterocycles. The number of hydrogen-bond acceptors (Lipinski definition) is 25. The van der Waals surface area contributed by atoms with Gasteiger partial charge in [0.05, 0.1) is 52.4 Å². The van der Waals surface area contributed by atoms with Gasteiger partial charge in [-0.15, -0.1) is 23.5 Å². The first-order valence-corrected chi connectivity index (χ1v) is 38.7. The van der Waals surface area contributed by atoms with E-state index in [-0.39, 0.29) is 164 Å². The van der Waals surface area contributed by atoms with Crippen LogP contribution in [0.2, 0.25) is 0 Å². The molecule has 0 saturated heterocycles. The Kier molecular flexibility index (Phi) is 48.1. The van der Waals surface area contributed by atoms with Crippen molar-refractivity contribution in [1.29, 1.82) is 26.3 Å². The minimum absolute atomic E-state index is 0.0563. The first kappa shape index (κ1) is 101. The van der Waals surface area contributed by atoms with Crippen molar-refractivity contribution in [2.75, 3.05) is 89.5 Å². The Balaban J connectivity index is 0.000000761. The summed E-state index contributed by atoms with van der Waals surface area (Å²) in [5.41, 5.74) is -0.178. The van der Waals surface area contributed by atoms with Gasteiger partial charge in [-0.3, -0.25) is 28.8 Å². The highest BCUT2D eigenvalue weighted by molar-refractivity contribution is 8.00. The summed E-state index contributed by atoms with van der Waals surface area (Å²) in [6.45, 7) is 53.4. The Bertz CT molecular complexity index is 4240. The van der Waals surface area contributed by atoms with Crippen molar-refractivity contribution in [2.45, 2.75) is 153 Å². The van der Waals surface area contributed by atoms with Crippen molar-refractivity contribution in [3.8, 4) is 41.8 Å². The number of ether oxygens (including phenoxy) is 10. The Morgan fingerprint density at radius 1 is 0.456 bits per heavy atom. The highest BCUT2D eigenvalue weighted by atomic mass is 32.2. The van der Waals surface area contributed by atoms with E-state index in [1.807, 2.05) is 83.1 Å². The predicted octanol–water partition coefficient (Wildman–Crippen LogP) is 11.6. The second-order valence-corrected chi connectivity index (χ2v) is 29.9. The van der Waals surface area contributed by atoms with E-state index in [4.69, 9.17) is 100.0 Å². The number of benzene rings is 4. The van der Waals surface area contributed by atoms with Gasteiger partial charge in [0, 0.05) is 27.9 Å². The lowest BCUT2D eigenvalue weighted by molar-refractivity contribution is -0.160. The van der Waals surface area contributed by atoms with Crippen molar-refractivity contribution in [1.82, 2.24) is 0 Å². The maximum atomic E-state index is 12.0. The van der Waals surface area contributed by atoms with Crippen LogP contribution in [0, 0.1) is 111 Å². The lowest BCUT2D eigenvalue weighted by atomic mass is 9.91. The van der Waals surface area contributed by atoms with Crippen LogP contribution in [-0.4, -0.2) is 148 Å². The van der Waals surface area contributed by atoms with Gasteiger partial charge >= 0.3 is 47.5 Å². The van der Waals surface area contributed by atoms with Crippen LogP contribution in [-0.2, 0) is 66.7 Å². The molecule has 0 heterocycles. The molecular formula is C85H103N9O18S2. The number of nitrogens with zero attached hydrogens (tertiary/aromatic N) is 9. The summed E-state index contributed by atoms with van der Waals surface area (Å²) >= 11 is 2.94. The second-order valence-electron chi connectivity index (χ2n) is 27.9. The summed E-state index contributed by atoms with van der Waals surface area (Å²) in [7, 11) is 0. The number of nitriles is 5. The van der Waals surface area contributed by atoms with Crippen LogP contribution in [0.25, 0.3) is 42.2 Å². The Morgan fingerprint density at radius 3 is 1.12 bits per heavy atom. The quantitative estimate of drug-likeness (QED) is 0.0137. The molecule has 0 aliphatic rings. The summed E-state index contributed by atoms with van der Waals surface area (Å²) in [4.78, 5) is 83.8. The van der Waals surface area contributed by atoms with Gasteiger partial charge in [-0.25, -0.2) is 0 Å². The number of esters is 6. The molecule has 0 saturated carbocycles. The monoisotopic (exact) mass is 1600 g/mol. The summed E-state index contributed by atoms with van der Waals surface area (Å²) in [6.07, 6.45) is 1.25. The van der Waals surface area contributed by atoms with Crippen LogP contribution in [0.5, 0.6) is 11.5 Å². The molecule has 0 aliphatic heterocycles. The molecule has 0 fully saturated rings. The molecule has 114 heavy (non-hydrogen) atoms. The smallest absolute Gasteiger partial charge is 0.468 e. The summed E-state index contributed by atoms with van der Waals surface area (Å²) in [5.74, 6) is -0.00904. The van der Waals surface area contributed by atoms with E-state index in [0.717, 1.165) is 17.7 Å². The van der Waals surface area contributed by atoms with Crippen molar-refractivity contribution in [3.05, 3.63) is 175 Å². The molecule has 0 spiro atoms. The minimum Gasteiger partial charge on any atom is -0.468 e. The fourth-order valence-electron chi connectivity index (χ4n) is 8.52. The SMILES string of the molecule is CCC(C)(C)C(=O)OCC(O)COC(=O)CSCC(C)c1ccccc1.CCC(C)(C)C(=O)OCC(O)COC(=O)CSCC(CC(C)C#N)c1ccccc1.[C-]#[N+]C([N+]#[C-])=c1ccc(=C(C#N)C#N)cc1OCOCCOC(=O)C(C)(C)CC.[C-]#[N+]C([N+]#[C-])=c1ccc(=C(C#N)C#N)cc1OCOCCOC(=O)C(C)(C)CC. The van der Waals surface area contributed by atoms with Gasteiger partial charge in [0.1, 0.15) is 135 Å². The van der Waals surface area contributed by atoms with Crippen LogP contribution < -0.4 is 30.3 Å². The van der Waals surface area contributed by atoms with Gasteiger partial charge in [0.25, 0.3) is 0 Å². The van der Waals surface area contributed by atoms with Crippen molar-refractivity contribution in [3.63, 3.8) is 0 Å². The number of thioether (sulfide) groups is 2. The fraction of sp³-hybridized carbons (Fsp3) is 0.494. The van der Waals surface area contributed by atoms with E-state index in [1.54, 1.807) is 79.7 Å². The molecule has 27 nitrogen and oxygen atoms in total. The molecule has 5 unspecified atom stereocenters. The van der Waals surface area contributed by atoms with Crippen molar-refractivity contribution >= 4 is 82.1 Å². The minimum atomic E-state index is -1.05. The molecule has 608 valence electrons. The number of carbonyl (C=O) groups is 6. The van der Waals surface area contributed by atoms with Crippen LogP contribution in [0.3, 0.4) is 0 Å². The number of aliphatic hydroxyl groups excluding tert-OH is 2. The third-order valence-electron chi connectivity index (χ3n) is 17.5. The van der Waals surface area contributed by atoms with Crippen LogP contribution in [0.4, 0.5) is 0 Å². The third kappa shape index (κ3) is 37.8. The molecule has 5 atom stereocenters. The van der Waals surface area contributed by atoms with E-state index in [1.165, 1.54) is 65.5 Å². The zero-order valence-corrected chi connectivity index (χ0v) is 69.0. The zero-order chi connectivity index (χ0) is 85.9. The molecule has 0 bridgehead atoms. The van der Waals surface area contributed by atoms with Crippen molar-refractivity contribution < 1.29 is 86.3 Å². The summed E-state index contributed by atoms with van der Waals surface area (Å²) in [5, 5.41) is 65.9. The molecule has 2 N–H and O–H groups in total. The molecule has 4 aromatic carbocycles. The molecule has 4 aromatic rings. The van der Waals surface area contributed by atoms with Crippen LogP contribution in [0.15, 0.2) is 97.1 Å². The first-order valence-electron chi connectivity index (χ1n) is 36.4. The fourth-order valence-corrected chi connectivity index (χ4v) is 10.4. The lowest BCUT2D eigenvalue weighted by Gasteiger charge is -2.21. The number of hydrogen-bond donors (Lipinski definition) is 2. The maximum absolute atomic E-state index is 12.0. The predicted molar refractivity (Wildman–Crippen MR) is 429 cm³/mol. The van der Waals surface area contributed by atoms with Crippen LogP contribution >= 0.6 is 23.5 Å². The Labute approximate surface area is 677 Å². The van der Waals surface area contributed by atoms with E-state index in [0.29, 0.717) is 47.8 Å². The van der Waals surface area contributed by atoms with Crippen LogP contribution in [0.1, 0.15) is 152 Å². The topological polar surface area (TPSA) is 372 Å². The largest absolute Gasteiger partial charge is 0.530 e. The zero-order valence-electron chi connectivity index (χ0n) is 67.3. The second kappa shape index (κ2) is 54.4. The summed E-state index contributed by atoms with van der Waals surface area (Å²) in [6, 6.07) is 38.1. The van der Waals surface area contributed by atoms with E-state index in [2.05, 4.69) is 44.5 Å². The van der Waals surface area contributed by atoms with E-state index < -0.39 is 39.8 Å². The summed E-state index contributed by atoms with van der Waals surface area (Å²) < 4.78 is 52.1. The first-order chi connectivity index (χ1) is 54.1. The van der Waals surface area contributed by atoms with Gasteiger partial charge in [-0.05, 0) is 130 Å². The molecule has 0 aliphatic carbocycles. The van der Waals surface area contributed by atoms with E-state index >= 15 is 0 Å². The molecule has 29 heteroatoms. The van der Waals surface area contributed by atoms with E-state index in [9.17, 15) is 39.0 Å². The lowest BCUT2D eigenvalue weighted by Crippen LogP contribution is -2.31. The molecule has 4 rings (SSSR count). The molecular weight excluding hydrogens is 1500 g/mol. The highest BCUT2D eigenvalue weighted by Crippen LogP contribution is 2.29. The Morgan fingerprint density at radius 2 is 0.789 bits per heavy atom. The number of aliphatic hydroxyl groups is 2. The molecule has 0 amide bonds. The van der Waals surface area contributed by atoms with Gasteiger partial charge in [-0.2, -0.15) is 45.7 Å². The highest BCUT2D eigenvalue weighted by Gasteiger charge is 2.31. The van der Waals surface area contributed by atoms with Gasteiger partial charge in [-0.1, -0.05) is 120 Å². The van der Waals surface area contributed by atoms with Gasteiger partial charge in [0.15, 0.2) is 13.6 Å². The van der Waals surface area contributed by atoms with Gasteiger partial charge < -0.3 is 57.6 Å². The standard InChI is InChI=1S/C23H33NO5S.2C21H20N4O4.C20H30O5S/c1-5-23(3,4)22(27)29-14-20(25)13-28-21(26)16-30-15-19(11-17(2)12-24)18-9-7-6-8-10-18;2*1-6-21(2,3)20(26)28-10-9-27-14-29-18-11-15(16(12-22)13-23)7-8-17(18)19(24-4)25-5;1-5-20(3,4)19(23)25-12-17(21)11-24-18(22)14-26-13-15(2)16-9-7-6-8-10-16/h6-10,17,19-20,25H,5,11,13-16H2,1-4H3;2*7-8,11H,6,9-10,14H2,1-3H3;6-10,15,17,21H,5,11-14H2,1-4H3. The van der Waals surface area contributed by atoms with Gasteiger partial charge in [0.2, 0.25) is 0 Å². The average Bonchev–Trinajstić information content (AvgIpc) is 0.828. The Hall–Kier alpha value is -11.3.